The molecule has 0 aliphatic carbocycles. The van der Waals surface area contributed by atoms with Crippen molar-refractivity contribution in [2.75, 3.05) is 52.9 Å². The van der Waals surface area contributed by atoms with E-state index in [1.807, 2.05) is 17.3 Å². The van der Waals surface area contributed by atoms with Crippen molar-refractivity contribution >= 4 is 33.5 Å². The zero-order chi connectivity index (χ0) is 24.9. The van der Waals surface area contributed by atoms with E-state index in [1.54, 1.807) is 12.3 Å². The Morgan fingerprint density at radius 2 is 1.80 bits per heavy atom. The maximum Gasteiger partial charge on any atom is 0.227 e. The maximum absolute atomic E-state index is 13.7. The number of pyridine rings is 1. The lowest BCUT2D eigenvalue weighted by molar-refractivity contribution is 0.217. The van der Waals surface area contributed by atoms with Crippen LogP contribution in [-0.2, 0) is 16.4 Å². The van der Waals surface area contributed by atoms with Crippen LogP contribution in [0.3, 0.4) is 0 Å². The lowest BCUT2D eigenvalue weighted by Gasteiger charge is -2.42. The fourth-order valence-electron chi connectivity index (χ4n) is 5.02. The van der Waals surface area contributed by atoms with Crippen LogP contribution in [0.2, 0.25) is 0 Å². The predicted molar refractivity (Wildman–Crippen MR) is 133 cm³/mol. The number of anilines is 3. The highest BCUT2D eigenvalue weighted by molar-refractivity contribution is 7.90. The number of alkyl halides is 2. The van der Waals surface area contributed by atoms with Crippen molar-refractivity contribution in [3.63, 3.8) is 0 Å². The van der Waals surface area contributed by atoms with Gasteiger partial charge in [-0.25, -0.2) is 27.2 Å². The van der Waals surface area contributed by atoms with E-state index in [1.165, 1.54) is 11.2 Å². The summed E-state index contributed by atoms with van der Waals surface area (Å²) in [5.41, 5.74) is 3.34. The summed E-state index contributed by atoms with van der Waals surface area (Å²) in [6, 6.07) is 1.78. The van der Waals surface area contributed by atoms with Crippen molar-refractivity contribution in [1.29, 1.82) is 0 Å². The molecule has 0 radical (unpaired) electrons. The normalized spacial score (nSPS) is 22.6. The van der Waals surface area contributed by atoms with Crippen LogP contribution in [0.1, 0.15) is 36.5 Å². The Balaban J connectivity index is 1.41. The molecule has 0 spiro atoms. The van der Waals surface area contributed by atoms with E-state index in [0.717, 1.165) is 22.5 Å². The van der Waals surface area contributed by atoms with E-state index >= 15 is 0 Å². The fraction of sp³-hybridized carbons (Fsp3) is 0.542. The molecule has 0 saturated carbocycles. The first kappa shape index (κ1) is 23.9. The largest absolute Gasteiger partial charge is 0.356 e. The number of rotatable bonds is 6. The Hall–Kier alpha value is -2.82. The van der Waals surface area contributed by atoms with Gasteiger partial charge in [0.25, 0.3) is 0 Å². The van der Waals surface area contributed by atoms with Crippen molar-refractivity contribution in [3.05, 3.63) is 41.4 Å². The molecule has 11 heteroatoms. The molecular weight excluding hydrogens is 474 g/mol. The zero-order valence-electron chi connectivity index (χ0n) is 20.1. The van der Waals surface area contributed by atoms with E-state index in [9.17, 15) is 17.2 Å². The Morgan fingerprint density at radius 1 is 1.09 bits per heavy atom. The van der Waals surface area contributed by atoms with Crippen molar-refractivity contribution in [3.8, 4) is 0 Å². The third kappa shape index (κ3) is 4.82. The molecule has 2 fully saturated rings. The van der Waals surface area contributed by atoms with E-state index in [-0.39, 0.29) is 24.8 Å². The molecule has 0 bridgehead atoms. The van der Waals surface area contributed by atoms with Crippen LogP contribution < -0.4 is 14.7 Å². The molecule has 8 nitrogen and oxygen atoms in total. The minimum Gasteiger partial charge on any atom is -0.356 e. The van der Waals surface area contributed by atoms with Gasteiger partial charge in [-0.05, 0) is 29.2 Å². The zero-order valence-corrected chi connectivity index (χ0v) is 20.9. The minimum atomic E-state index is -3.02. The molecule has 3 aliphatic rings. The van der Waals surface area contributed by atoms with Gasteiger partial charge in [0.2, 0.25) is 5.95 Å². The molecule has 5 heterocycles. The van der Waals surface area contributed by atoms with Crippen molar-refractivity contribution in [2.24, 2.45) is 5.92 Å². The first-order chi connectivity index (χ1) is 16.6. The number of sulfone groups is 1. The Kier molecular flexibility index (Phi) is 6.14. The first-order valence-corrected chi connectivity index (χ1v) is 13.9. The fourth-order valence-corrected chi connectivity index (χ4v) is 6.09. The lowest BCUT2D eigenvalue weighted by Crippen LogP contribution is -2.50. The summed E-state index contributed by atoms with van der Waals surface area (Å²) in [5, 5.41) is 0. The van der Waals surface area contributed by atoms with Crippen LogP contribution in [-0.4, -0.2) is 73.9 Å². The van der Waals surface area contributed by atoms with Crippen LogP contribution in [0.4, 0.5) is 26.4 Å². The summed E-state index contributed by atoms with van der Waals surface area (Å²) in [7, 11) is -3.02. The molecule has 0 unspecified atom stereocenters. The molecule has 2 aromatic rings. The third-order valence-electron chi connectivity index (χ3n) is 6.79. The topological polar surface area (TPSA) is 82.5 Å². The minimum absolute atomic E-state index is 0.0568. The van der Waals surface area contributed by atoms with E-state index in [0.29, 0.717) is 37.3 Å². The van der Waals surface area contributed by atoms with Gasteiger partial charge in [0, 0.05) is 49.4 Å². The molecule has 0 aromatic carbocycles. The van der Waals surface area contributed by atoms with Crippen LogP contribution in [0.25, 0.3) is 6.08 Å². The van der Waals surface area contributed by atoms with Crippen LogP contribution >= 0.6 is 0 Å². The molecule has 188 valence electrons. The predicted octanol–water partition coefficient (Wildman–Crippen LogP) is 2.96. The molecular formula is C24H30F2N6O2S. The summed E-state index contributed by atoms with van der Waals surface area (Å²) in [6.07, 6.45) is 5.75. The number of fused-ring (bicyclic) bond motifs is 1. The Morgan fingerprint density at radius 3 is 2.46 bits per heavy atom. The van der Waals surface area contributed by atoms with E-state index < -0.39 is 22.2 Å². The van der Waals surface area contributed by atoms with Crippen molar-refractivity contribution < 1.29 is 17.2 Å². The second-order valence-electron chi connectivity index (χ2n) is 10.0. The number of hydrogen-bond donors (Lipinski definition) is 0. The molecule has 0 N–H and O–H groups in total. The highest BCUT2D eigenvalue weighted by Crippen LogP contribution is 2.37. The summed E-state index contributed by atoms with van der Waals surface area (Å²) in [4.78, 5) is 19.3. The van der Waals surface area contributed by atoms with Gasteiger partial charge >= 0.3 is 0 Å². The maximum atomic E-state index is 13.7. The number of hydrogen-bond acceptors (Lipinski definition) is 8. The highest BCUT2D eigenvalue weighted by Gasteiger charge is 2.35. The molecule has 2 saturated heterocycles. The van der Waals surface area contributed by atoms with Gasteiger partial charge in [0.15, 0.2) is 12.3 Å². The monoisotopic (exact) mass is 504 g/mol. The molecule has 3 aliphatic heterocycles. The SMILES string of the molecule is CC(C)c1cnc(N2CC(CS(C)(=O)=O)C2)c2c1C=CN(c1ccnc(N3C[C@H](F)[C@@H](F)C3)n1)C2. The molecule has 2 aromatic heterocycles. The summed E-state index contributed by atoms with van der Waals surface area (Å²) < 4.78 is 50.8. The van der Waals surface area contributed by atoms with Crippen LogP contribution in [0.5, 0.6) is 0 Å². The van der Waals surface area contributed by atoms with E-state index in [4.69, 9.17) is 4.98 Å². The van der Waals surface area contributed by atoms with Crippen LogP contribution in [0, 0.1) is 5.92 Å². The lowest BCUT2D eigenvalue weighted by atomic mass is 9.92. The number of nitrogens with zero attached hydrogens (tertiary/aromatic N) is 6. The summed E-state index contributed by atoms with van der Waals surface area (Å²) in [5.74, 6) is 2.38. The van der Waals surface area contributed by atoms with Gasteiger partial charge in [0.1, 0.15) is 21.5 Å². The summed E-state index contributed by atoms with van der Waals surface area (Å²) >= 11 is 0. The standard InChI is InChI=1S/C24H30F2N6O2S/c1-15(2)18-8-28-23(31-9-16(10-31)14-35(3,33)34)19-11-30(7-5-17(18)19)22-4-6-27-24(29-22)32-12-20(25)21(26)13-32/h4-8,15-16,20-21H,9-14H2,1-3H3/t20-,21-/m0/s1. The molecule has 0 amide bonds. The highest BCUT2D eigenvalue weighted by atomic mass is 32.2. The first-order valence-electron chi connectivity index (χ1n) is 11.8. The second-order valence-corrected chi connectivity index (χ2v) is 12.2. The summed E-state index contributed by atoms with van der Waals surface area (Å²) in [6.45, 7) is 5.97. The molecule has 5 rings (SSSR count). The Bertz CT molecular complexity index is 1240. The van der Waals surface area contributed by atoms with Crippen molar-refractivity contribution in [2.45, 2.75) is 38.7 Å². The van der Waals surface area contributed by atoms with Gasteiger partial charge in [-0.1, -0.05) is 13.8 Å². The van der Waals surface area contributed by atoms with Gasteiger partial charge in [-0.3, -0.25) is 0 Å². The van der Waals surface area contributed by atoms with Gasteiger partial charge < -0.3 is 14.7 Å². The molecule has 2 atom stereocenters. The average Bonchev–Trinajstić information content (AvgIpc) is 3.12. The Labute approximate surface area is 204 Å². The van der Waals surface area contributed by atoms with Gasteiger partial charge in [0.05, 0.1) is 25.4 Å². The van der Waals surface area contributed by atoms with Crippen molar-refractivity contribution in [1.82, 2.24) is 15.0 Å². The second kappa shape index (κ2) is 9.00. The van der Waals surface area contributed by atoms with Gasteiger partial charge in [-0.2, -0.15) is 4.98 Å². The third-order valence-corrected chi connectivity index (χ3v) is 7.86. The van der Waals surface area contributed by atoms with E-state index in [2.05, 4.69) is 34.8 Å². The van der Waals surface area contributed by atoms with Crippen LogP contribution in [0.15, 0.2) is 24.7 Å². The smallest absolute Gasteiger partial charge is 0.227 e. The van der Waals surface area contributed by atoms with Gasteiger partial charge in [-0.15, -0.1) is 0 Å². The molecule has 35 heavy (non-hydrogen) atoms. The quantitative estimate of drug-likeness (QED) is 0.594. The number of halogens is 2. The average molecular weight is 505 g/mol. The number of aromatic nitrogens is 3.